The van der Waals surface area contributed by atoms with Crippen molar-refractivity contribution in [2.75, 3.05) is 6.61 Å². The van der Waals surface area contributed by atoms with E-state index in [-0.39, 0.29) is 18.7 Å². The summed E-state index contributed by atoms with van der Waals surface area (Å²) < 4.78 is 7.13. The van der Waals surface area contributed by atoms with Crippen molar-refractivity contribution in [2.24, 2.45) is 0 Å². The number of aromatic nitrogens is 2. The molecule has 0 aliphatic carbocycles. The first-order chi connectivity index (χ1) is 15.2. The maximum atomic E-state index is 13.0. The first-order valence-electron chi connectivity index (χ1n) is 10.0. The molecule has 0 spiro atoms. The predicted molar refractivity (Wildman–Crippen MR) is 125 cm³/mol. The topological polar surface area (TPSA) is 64.4 Å². The molecule has 0 amide bonds. The number of benzene rings is 3. The van der Waals surface area contributed by atoms with Gasteiger partial charge in [0.1, 0.15) is 24.2 Å². The number of thiophene rings is 1. The molecule has 5 aromatic rings. The fourth-order valence-corrected chi connectivity index (χ4v) is 4.38. The van der Waals surface area contributed by atoms with Crippen molar-refractivity contribution in [1.82, 2.24) is 9.78 Å². The number of hydrogen-bond donors (Lipinski definition) is 1. The zero-order chi connectivity index (χ0) is 21.2. The monoisotopic (exact) mass is 428 g/mol. The molecule has 0 bridgehead atoms. The van der Waals surface area contributed by atoms with Crippen molar-refractivity contribution in [1.29, 1.82) is 0 Å². The third-order valence-electron chi connectivity index (χ3n) is 5.17. The maximum absolute atomic E-state index is 13.0. The minimum absolute atomic E-state index is 0.0512. The van der Waals surface area contributed by atoms with Gasteiger partial charge in [0.25, 0.3) is 5.56 Å². The Kier molecular flexibility index (Phi) is 5.24. The van der Waals surface area contributed by atoms with Crippen LogP contribution in [0.15, 0.2) is 89.0 Å². The highest BCUT2D eigenvalue weighted by Gasteiger charge is 2.15. The molecule has 0 saturated carbocycles. The summed E-state index contributed by atoms with van der Waals surface area (Å²) in [5.41, 5.74) is 0.522. The fourth-order valence-electron chi connectivity index (χ4n) is 3.66. The fraction of sp³-hybridized carbons (Fsp3) is 0.120. The summed E-state index contributed by atoms with van der Waals surface area (Å²) in [5.74, 6) is 0.677. The van der Waals surface area contributed by atoms with Gasteiger partial charge in [-0.25, -0.2) is 4.68 Å². The Balaban J connectivity index is 1.39. The Bertz CT molecular complexity index is 1410. The van der Waals surface area contributed by atoms with E-state index < -0.39 is 6.10 Å². The standard InChI is InChI=1S/C25H20N2O3S/c28-19(16-30-20-12-11-17-6-1-2-7-18(17)14-20)15-27-25(29)22-9-4-3-8-21(22)24(26-27)23-10-5-13-31-23/h1-14,19,28H,15-16H2. The van der Waals surface area contributed by atoms with E-state index in [2.05, 4.69) is 5.10 Å². The van der Waals surface area contributed by atoms with E-state index in [1.807, 2.05) is 78.2 Å². The highest BCUT2D eigenvalue weighted by Crippen LogP contribution is 2.28. The number of ether oxygens (including phenoxy) is 1. The van der Waals surface area contributed by atoms with E-state index in [0.717, 1.165) is 26.7 Å². The second-order valence-corrected chi connectivity index (χ2v) is 8.28. The zero-order valence-corrected chi connectivity index (χ0v) is 17.5. The molecule has 6 heteroatoms. The lowest BCUT2D eigenvalue weighted by Crippen LogP contribution is -2.32. The normalized spacial score (nSPS) is 12.3. The van der Waals surface area contributed by atoms with Crippen LogP contribution in [0.2, 0.25) is 0 Å². The Morgan fingerprint density at radius 2 is 1.71 bits per heavy atom. The largest absolute Gasteiger partial charge is 0.491 e. The lowest BCUT2D eigenvalue weighted by molar-refractivity contribution is 0.0883. The average Bonchev–Trinajstić information content (AvgIpc) is 3.34. The van der Waals surface area contributed by atoms with Gasteiger partial charge in [0, 0.05) is 5.39 Å². The Labute approximate surface area is 182 Å². The molecule has 0 saturated heterocycles. The first kappa shape index (κ1) is 19.5. The summed E-state index contributed by atoms with van der Waals surface area (Å²) in [4.78, 5) is 13.9. The van der Waals surface area contributed by atoms with Crippen LogP contribution in [0.1, 0.15) is 0 Å². The van der Waals surface area contributed by atoms with E-state index in [9.17, 15) is 9.90 Å². The molecule has 2 heterocycles. The first-order valence-corrected chi connectivity index (χ1v) is 10.9. The van der Waals surface area contributed by atoms with Crippen molar-refractivity contribution < 1.29 is 9.84 Å². The molecule has 1 atom stereocenters. The molecular weight excluding hydrogens is 408 g/mol. The van der Waals surface area contributed by atoms with Crippen LogP contribution in [0.4, 0.5) is 0 Å². The smallest absolute Gasteiger partial charge is 0.274 e. The van der Waals surface area contributed by atoms with Crippen LogP contribution in [-0.2, 0) is 6.54 Å². The van der Waals surface area contributed by atoms with Gasteiger partial charge >= 0.3 is 0 Å². The maximum Gasteiger partial charge on any atom is 0.274 e. The zero-order valence-electron chi connectivity index (χ0n) is 16.6. The third kappa shape index (κ3) is 3.95. The molecule has 0 fully saturated rings. The van der Waals surface area contributed by atoms with Crippen LogP contribution in [0.3, 0.4) is 0 Å². The van der Waals surface area contributed by atoms with Crippen molar-refractivity contribution in [2.45, 2.75) is 12.6 Å². The molecule has 3 aromatic carbocycles. The molecule has 0 aliphatic rings. The van der Waals surface area contributed by atoms with Gasteiger partial charge in [-0.3, -0.25) is 4.79 Å². The summed E-state index contributed by atoms with van der Waals surface area (Å²) in [6, 6.07) is 25.2. The van der Waals surface area contributed by atoms with Gasteiger partial charge in [0.05, 0.1) is 16.8 Å². The highest BCUT2D eigenvalue weighted by molar-refractivity contribution is 7.13. The van der Waals surface area contributed by atoms with Gasteiger partial charge in [-0.15, -0.1) is 11.3 Å². The second-order valence-electron chi connectivity index (χ2n) is 7.33. The minimum atomic E-state index is -0.881. The summed E-state index contributed by atoms with van der Waals surface area (Å²) >= 11 is 1.57. The van der Waals surface area contributed by atoms with Crippen LogP contribution in [0.5, 0.6) is 5.75 Å². The molecule has 0 radical (unpaired) electrons. The van der Waals surface area contributed by atoms with Crippen LogP contribution in [0, 0.1) is 0 Å². The highest BCUT2D eigenvalue weighted by atomic mass is 32.1. The number of rotatable bonds is 6. The van der Waals surface area contributed by atoms with Gasteiger partial charge in [-0.1, -0.05) is 54.6 Å². The molecular formula is C25H20N2O3S. The predicted octanol–water partition coefficient (Wildman–Crippen LogP) is 4.72. The number of nitrogens with zero attached hydrogens (tertiary/aromatic N) is 2. The van der Waals surface area contributed by atoms with Crippen LogP contribution < -0.4 is 10.3 Å². The van der Waals surface area contributed by atoms with Gasteiger partial charge in [0.2, 0.25) is 0 Å². The van der Waals surface area contributed by atoms with Crippen molar-refractivity contribution in [3.63, 3.8) is 0 Å². The molecule has 5 rings (SSSR count). The molecule has 5 nitrogen and oxygen atoms in total. The van der Waals surface area contributed by atoms with E-state index >= 15 is 0 Å². The Morgan fingerprint density at radius 3 is 2.52 bits per heavy atom. The van der Waals surface area contributed by atoms with Crippen molar-refractivity contribution >= 4 is 32.9 Å². The van der Waals surface area contributed by atoms with Crippen LogP contribution in [0.25, 0.3) is 32.1 Å². The van der Waals surface area contributed by atoms with E-state index in [4.69, 9.17) is 4.74 Å². The number of fused-ring (bicyclic) bond motifs is 2. The van der Waals surface area contributed by atoms with E-state index in [0.29, 0.717) is 11.1 Å². The molecule has 2 aromatic heterocycles. The van der Waals surface area contributed by atoms with Crippen molar-refractivity contribution in [3.8, 4) is 16.3 Å². The summed E-state index contributed by atoms with van der Waals surface area (Å²) in [6.07, 6.45) is -0.881. The Hall–Kier alpha value is -3.48. The van der Waals surface area contributed by atoms with Crippen molar-refractivity contribution in [3.05, 3.63) is 94.6 Å². The summed E-state index contributed by atoms with van der Waals surface area (Å²) in [7, 11) is 0. The van der Waals surface area contributed by atoms with Gasteiger partial charge < -0.3 is 9.84 Å². The average molecular weight is 429 g/mol. The SMILES string of the molecule is O=c1c2ccccc2c(-c2cccs2)nn1CC(O)COc1ccc2ccccc2c1. The molecule has 31 heavy (non-hydrogen) atoms. The molecule has 0 aliphatic heterocycles. The van der Waals surface area contributed by atoms with E-state index in [1.54, 1.807) is 17.4 Å². The minimum Gasteiger partial charge on any atom is -0.491 e. The quantitative estimate of drug-likeness (QED) is 0.425. The Morgan fingerprint density at radius 1 is 0.935 bits per heavy atom. The molecule has 1 unspecified atom stereocenters. The molecule has 154 valence electrons. The third-order valence-corrected chi connectivity index (χ3v) is 6.05. The van der Waals surface area contributed by atoms with Gasteiger partial charge in [-0.2, -0.15) is 5.10 Å². The van der Waals surface area contributed by atoms with Crippen LogP contribution >= 0.6 is 11.3 Å². The van der Waals surface area contributed by atoms with Gasteiger partial charge in [0.15, 0.2) is 0 Å². The number of hydrogen-bond acceptors (Lipinski definition) is 5. The van der Waals surface area contributed by atoms with Crippen LogP contribution in [-0.4, -0.2) is 27.6 Å². The molecule has 1 N–H and O–H groups in total. The van der Waals surface area contributed by atoms with E-state index in [1.165, 1.54) is 4.68 Å². The van der Waals surface area contributed by atoms with Gasteiger partial charge in [-0.05, 0) is 40.4 Å². The lowest BCUT2D eigenvalue weighted by Gasteiger charge is -2.15. The number of aliphatic hydroxyl groups excluding tert-OH is 1. The lowest BCUT2D eigenvalue weighted by atomic mass is 10.1. The number of aliphatic hydroxyl groups is 1. The summed E-state index contributed by atoms with van der Waals surface area (Å²) in [5, 5.41) is 20.7. The second kappa shape index (κ2) is 8.34. The summed E-state index contributed by atoms with van der Waals surface area (Å²) in [6.45, 7) is 0.114.